The largest absolute Gasteiger partial charge is 0.484 e. The van der Waals surface area contributed by atoms with Gasteiger partial charge >= 0.3 is 0 Å². The molecule has 0 unspecified atom stereocenters. The molecule has 0 saturated carbocycles. The molecule has 1 heterocycles. The van der Waals surface area contributed by atoms with E-state index in [2.05, 4.69) is 31.4 Å². The first-order valence-corrected chi connectivity index (χ1v) is 7.06. The van der Waals surface area contributed by atoms with Gasteiger partial charge in [0.25, 0.3) is 5.91 Å². The molecule has 0 aliphatic heterocycles. The topological polar surface area (TPSA) is 63.6 Å². The van der Waals surface area contributed by atoms with Crippen molar-refractivity contribution in [1.82, 2.24) is 10.4 Å². The van der Waals surface area contributed by atoms with Crippen molar-refractivity contribution < 1.29 is 9.53 Å². The fraction of sp³-hybridized carbons (Fsp3) is 0.133. The van der Waals surface area contributed by atoms with E-state index < -0.39 is 0 Å². The first-order valence-electron chi connectivity index (χ1n) is 6.27. The fourth-order valence-corrected chi connectivity index (χ4v) is 1.92. The van der Waals surface area contributed by atoms with Crippen LogP contribution in [0.3, 0.4) is 0 Å². The van der Waals surface area contributed by atoms with Crippen LogP contribution in [0.25, 0.3) is 0 Å². The molecule has 21 heavy (non-hydrogen) atoms. The minimum atomic E-state index is -0.316. The van der Waals surface area contributed by atoms with Crippen LogP contribution in [-0.4, -0.2) is 23.2 Å². The van der Waals surface area contributed by atoms with Gasteiger partial charge < -0.3 is 4.74 Å². The number of hydrogen-bond donors (Lipinski definition) is 1. The molecule has 0 radical (unpaired) electrons. The lowest BCUT2D eigenvalue weighted by Gasteiger charge is -2.06. The highest BCUT2D eigenvalue weighted by Gasteiger charge is 2.03. The molecule has 0 aliphatic rings. The summed E-state index contributed by atoms with van der Waals surface area (Å²) in [4.78, 5) is 15.6. The van der Waals surface area contributed by atoms with Crippen LogP contribution in [-0.2, 0) is 4.79 Å². The maximum atomic E-state index is 11.7. The fourth-order valence-electron chi connectivity index (χ4n) is 1.54. The number of rotatable bonds is 5. The third kappa shape index (κ3) is 5.00. The molecule has 1 aromatic carbocycles. The van der Waals surface area contributed by atoms with Gasteiger partial charge in [-0.2, -0.15) is 5.10 Å². The predicted molar refractivity (Wildman–Crippen MR) is 84.2 cm³/mol. The molecule has 1 aromatic heterocycles. The lowest BCUT2D eigenvalue weighted by atomic mass is 10.2. The average molecular weight is 348 g/mol. The quantitative estimate of drug-likeness (QED) is 0.668. The Kier molecular flexibility index (Phi) is 5.45. The van der Waals surface area contributed by atoms with Crippen LogP contribution in [0.1, 0.15) is 12.5 Å². The van der Waals surface area contributed by atoms with Crippen LogP contribution >= 0.6 is 15.9 Å². The number of aromatic nitrogens is 1. The van der Waals surface area contributed by atoms with Crippen LogP contribution in [0.5, 0.6) is 5.75 Å². The minimum absolute atomic E-state index is 0.0937. The average Bonchev–Trinajstić information content (AvgIpc) is 2.51. The zero-order valence-corrected chi connectivity index (χ0v) is 13.0. The highest BCUT2D eigenvalue weighted by molar-refractivity contribution is 9.10. The lowest BCUT2D eigenvalue weighted by Crippen LogP contribution is -2.25. The van der Waals surface area contributed by atoms with Crippen molar-refractivity contribution in [2.45, 2.75) is 6.92 Å². The first-order chi connectivity index (χ1) is 10.1. The number of pyridine rings is 1. The van der Waals surface area contributed by atoms with Gasteiger partial charge in [-0.1, -0.05) is 22.0 Å². The molecule has 1 amide bonds. The molecular formula is C15H14BrN3O2. The SMILES string of the molecule is CC(=NNC(=O)COc1cccc(Br)c1)c1ccncc1. The molecule has 0 bridgehead atoms. The summed E-state index contributed by atoms with van der Waals surface area (Å²) < 4.78 is 6.26. The number of nitrogens with zero attached hydrogens (tertiary/aromatic N) is 2. The van der Waals surface area contributed by atoms with E-state index >= 15 is 0 Å². The Morgan fingerprint density at radius 3 is 2.81 bits per heavy atom. The standard InChI is InChI=1S/C15H14BrN3O2/c1-11(12-5-7-17-8-6-12)18-19-15(20)10-21-14-4-2-3-13(16)9-14/h2-9H,10H2,1H3,(H,19,20). The Hall–Kier alpha value is -2.21. The van der Waals surface area contributed by atoms with Gasteiger partial charge in [-0.15, -0.1) is 0 Å². The summed E-state index contributed by atoms with van der Waals surface area (Å²) in [6, 6.07) is 10.9. The summed E-state index contributed by atoms with van der Waals surface area (Å²) in [5.74, 6) is 0.303. The Labute approximate surface area is 131 Å². The van der Waals surface area contributed by atoms with Crippen LogP contribution in [0.2, 0.25) is 0 Å². The van der Waals surface area contributed by atoms with Crippen LogP contribution < -0.4 is 10.2 Å². The second kappa shape index (κ2) is 7.54. The number of hydrogen-bond acceptors (Lipinski definition) is 4. The molecule has 0 atom stereocenters. The Bertz CT molecular complexity index is 644. The number of halogens is 1. The number of carbonyl (C=O) groups is 1. The van der Waals surface area contributed by atoms with Crippen molar-refractivity contribution in [2.75, 3.05) is 6.61 Å². The molecule has 2 aromatic rings. The molecule has 1 N–H and O–H groups in total. The normalized spacial score (nSPS) is 11.0. The predicted octanol–water partition coefficient (Wildman–Crippen LogP) is 2.76. The summed E-state index contributed by atoms with van der Waals surface area (Å²) >= 11 is 3.34. The van der Waals surface area contributed by atoms with Crippen LogP contribution in [0.4, 0.5) is 0 Å². The van der Waals surface area contributed by atoms with Gasteiger partial charge in [0.2, 0.25) is 0 Å². The number of nitrogens with one attached hydrogen (secondary N) is 1. The summed E-state index contributed by atoms with van der Waals surface area (Å²) in [7, 11) is 0. The van der Waals surface area contributed by atoms with E-state index in [0.29, 0.717) is 11.5 Å². The summed E-state index contributed by atoms with van der Waals surface area (Å²) in [6.07, 6.45) is 3.35. The van der Waals surface area contributed by atoms with Gasteiger partial charge in [-0.3, -0.25) is 9.78 Å². The van der Waals surface area contributed by atoms with E-state index in [9.17, 15) is 4.79 Å². The van der Waals surface area contributed by atoms with E-state index in [1.54, 1.807) is 24.5 Å². The van der Waals surface area contributed by atoms with E-state index in [1.165, 1.54) is 0 Å². The van der Waals surface area contributed by atoms with Crippen molar-refractivity contribution in [2.24, 2.45) is 5.10 Å². The maximum Gasteiger partial charge on any atom is 0.277 e. The number of hydrazone groups is 1. The molecule has 6 heteroatoms. The van der Waals surface area contributed by atoms with Gasteiger partial charge in [0.15, 0.2) is 6.61 Å². The highest BCUT2D eigenvalue weighted by atomic mass is 79.9. The van der Waals surface area contributed by atoms with Crippen molar-refractivity contribution in [3.63, 3.8) is 0 Å². The Morgan fingerprint density at radius 1 is 1.33 bits per heavy atom. The molecule has 0 spiro atoms. The zero-order valence-electron chi connectivity index (χ0n) is 11.4. The van der Waals surface area contributed by atoms with Crippen LogP contribution in [0.15, 0.2) is 58.4 Å². The third-order valence-electron chi connectivity index (χ3n) is 2.61. The molecule has 2 rings (SSSR count). The second-order valence-electron chi connectivity index (χ2n) is 4.21. The van der Waals surface area contributed by atoms with Gasteiger partial charge in [0.05, 0.1) is 5.71 Å². The number of ether oxygens (including phenoxy) is 1. The summed E-state index contributed by atoms with van der Waals surface area (Å²) in [5, 5.41) is 4.02. The monoisotopic (exact) mass is 347 g/mol. The van der Waals surface area contributed by atoms with Crippen LogP contribution in [0, 0.1) is 0 Å². The molecule has 0 fully saturated rings. The smallest absolute Gasteiger partial charge is 0.277 e. The third-order valence-corrected chi connectivity index (χ3v) is 3.11. The lowest BCUT2D eigenvalue weighted by molar-refractivity contribution is -0.123. The summed E-state index contributed by atoms with van der Waals surface area (Å²) in [6.45, 7) is 1.72. The molecule has 5 nitrogen and oxygen atoms in total. The van der Waals surface area contributed by atoms with Crippen molar-refractivity contribution in [3.05, 3.63) is 58.8 Å². The van der Waals surface area contributed by atoms with E-state index in [0.717, 1.165) is 10.0 Å². The number of benzene rings is 1. The molecule has 108 valence electrons. The van der Waals surface area contributed by atoms with E-state index in [-0.39, 0.29) is 12.5 Å². The van der Waals surface area contributed by atoms with E-state index in [4.69, 9.17) is 4.74 Å². The molecule has 0 saturated heterocycles. The zero-order chi connectivity index (χ0) is 15.1. The molecule has 0 aliphatic carbocycles. The maximum absolute atomic E-state index is 11.7. The van der Waals surface area contributed by atoms with Gasteiger partial charge in [0, 0.05) is 22.4 Å². The van der Waals surface area contributed by atoms with Gasteiger partial charge in [-0.25, -0.2) is 5.43 Å². The minimum Gasteiger partial charge on any atom is -0.484 e. The number of carbonyl (C=O) groups excluding carboxylic acids is 1. The van der Waals surface area contributed by atoms with Crippen molar-refractivity contribution >= 4 is 27.5 Å². The number of amides is 1. The Balaban J connectivity index is 1.85. The van der Waals surface area contributed by atoms with Crippen molar-refractivity contribution in [1.29, 1.82) is 0 Å². The van der Waals surface area contributed by atoms with Gasteiger partial charge in [-0.05, 0) is 37.3 Å². The van der Waals surface area contributed by atoms with Crippen molar-refractivity contribution in [3.8, 4) is 5.75 Å². The summed E-state index contributed by atoms with van der Waals surface area (Å²) in [5.41, 5.74) is 4.06. The Morgan fingerprint density at radius 2 is 2.10 bits per heavy atom. The first kappa shape index (κ1) is 15.2. The van der Waals surface area contributed by atoms with Gasteiger partial charge in [0.1, 0.15) is 5.75 Å². The molecular weight excluding hydrogens is 334 g/mol. The second-order valence-corrected chi connectivity index (χ2v) is 5.13. The van der Waals surface area contributed by atoms with E-state index in [1.807, 2.05) is 31.2 Å². The highest BCUT2D eigenvalue weighted by Crippen LogP contribution is 2.17.